The lowest BCUT2D eigenvalue weighted by Gasteiger charge is -2.12. The van der Waals surface area contributed by atoms with Crippen molar-refractivity contribution in [1.82, 2.24) is 15.0 Å². The average Bonchev–Trinajstić information content (AvgIpc) is 3.53. The van der Waals surface area contributed by atoms with E-state index in [0.717, 1.165) is 60.5 Å². The van der Waals surface area contributed by atoms with Crippen LogP contribution in [-0.4, -0.2) is 15.0 Å². The van der Waals surface area contributed by atoms with Gasteiger partial charge in [0.05, 0.1) is 0 Å². The zero-order valence-electron chi connectivity index (χ0n) is 25.3. The summed E-state index contributed by atoms with van der Waals surface area (Å²) in [4.78, 5) is 15.1. The Labute approximate surface area is 271 Å². The maximum Gasteiger partial charge on any atom is 0.164 e. The van der Waals surface area contributed by atoms with E-state index >= 15 is 0 Å². The highest BCUT2D eigenvalue weighted by Gasteiger charge is 2.16. The van der Waals surface area contributed by atoms with Crippen molar-refractivity contribution in [2.45, 2.75) is 0 Å². The zero-order chi connectivity index (χ0) is 31.2. The molecule has 0 fully saturated rings. The third-order valence-corrected chi connectivity index (χ3v) is 8.73. The highest BCUT2D eigenvalue weighted by Crippen LogP contribution is 2.35. The maximum absolute atomic E-state index is 6.19. The molecule has 0 amide bonds. The summed E-state index contributed by atoms with van der Waals surface area (Å²) in [7, 11) is 0. The molecule has 0 radical (unpaired) electrons. The van der Waals surface area contributed by atoms with Gasteiger partial charge in [0.2, 0.25) is 0 Å². The SMILES string of the molecule is c1ccc(-c2ccc3c(-c4nc(-c5ccccc5)nc(-c5cccc(-c6ccc7c(c6)oc6ccccc67)c5)n4)cccc3c2)cc1. The monoisotopic (exact) mass is 601 g/mol. The van der Waals surface area contributed by atoms with Gasteiger partial charge in [0.25, 0.3) is 0 Å². The molecule has 47 heavy (non-hydrogen) atoms. The van der Waals surface area contributed by atoms with E-state index in [1.807, 2.05) is 54.6 Å². The van der Waals surface area contributed by atoms with E-state index in [4.69, 9.17) is 19.4 Å². The van der Waals surface area contributed by atoms with Crippen LogP contribution in [0.2, 0.25) is 0 Å². The topological polar surface area (TPSA) is 51.8 Å². The molecule has 0 saturated heterocycles. The summed E-state index contributed by atoms with van der Waals surface area (Å²) < 4.78 is 6.19. The van der Waals surface area contributed by atoms with Crippen molar-refractivity contribution < 1.29 is 4.42 Å². The molecular formula is C43H27N3O. The van der Waals surface area contributed by atoms with Gasteiger partial charge in [0.15, 0.2) is 17.5 Å². The molecule has 9 rings (SSSR count). The molecule has 0 atom stereocenters. The molecule has 220 valence electrons. The Bertz CT molecular complexity index is 2570. The summed E-state index contributed by atoms with van der Waals surface area (Å²) >= 11 is 0. The van der Waals surface area contributed by atoms with Crippen molar-refractivity contribution >= 4 is 32.7 Å². The predicted octanol–water partition coefficient (Wildman–Crippen LogP) is 11.3. The molecule has 0 aliphatic heterocycles. The minimum atomic E-state index is 0.624. The van der Waals surface area contributed by atoms with Crippen LogP contribution in [-0.2, 0) is 0 Å². The molecule has 2 aromatic heterocycles. The minimum absolute atomic E-state index is 0.624. The number of furan rings is 1. The number of para-hydroxylation sites is 1. The van der Waals surface area contributed by atoms with Crippen molar-refractivity contribution in [3.05, 3.63) is 164 Å². The average molecular weight is 602 g/mol. The van der Waals surface area contributed by atoms with E-state index < -0.39 is 0 Å². The molecule has 0 aliphatic rings. The summed E-state index contributed by atoms with van der Waals surface area (Å²) in [5.74, 6) is 1.90. The van der Waals surface area contributed by atoms with Gasteiger partial charge in [-0.15, -0.1) is 0 Å². The number of hydrogen-bond acceptors (Lipinski definition) is 4. The Morgan fingerprint density at radius 2 is 0.894 bits per heavy atom. The van der Waals surface area contributed by atoms with Crippen LogP contribution in [0.4, 0.5) is 0 Å². The number of hydrogen-bond donors (Lipinski definition) is 0. The lowest BCUT2D eigenvalue weighted by molar-refractivity contribution is 0.669. The van der Waals surface area contributed by atoms with Gasteiger partial charge in [-0.3, -0.25) is 0 Å². The van der Waals surface area contributed by atoms with Crippen molar-refractivity contribution in [1.29, 1.82) is 0 Å². The highest BCUT2D eigenvalue weighted by molar-refractivity contribution is 6.06. The van der Waals surface area contributed by atoms with E-state index in [1.54, 1.807) is 0 Å². The lowest BCUT2D eigenvalue weighted by Crippen LogP contribution is -2.00. The number of rotatable bonds is 5. The standard InChI is InChI=1S/C43H27N3O/c1-3-11-28(12-4-1)31-21-23-35-33(25-31)16-10-19-38(35)43-45-41(29-13-5-2-6-14-29)44-42(46-43)34-17-9-15-30(26-34)32-22-24-37-36-18-7-8-20-39(36)47-40(37)27-32/h1-27H. The van der Waals surface area contributed by atoms with Gasteiger partial charge in [-0.25, -0.2) is 15.0 Å². The van der Waals surface area contributed by atoms with Gasteiger partial charge in [-0.05, 0) is 63.4 Å². The van der Waals surface area contributed by atoms with Crippen molar-refractivity contribution in [3.8, 4) is 56.4 Å². The number of aromatic nitrogens is 3. The van der Waals surface area contributed by atoms with Crippen LogP contribution in [0.15, 0.2) is 168 Å². The Morgan fingerprint density at radius 3 is 1.72 bits per heavy atom. The summed E-state index contributed by atoms with van der Waals surface area (Å²) in [5, 5.41) is 4.46. The Balaban J connectivity index is 1.17. The highest BCUT2D eigenvalue weighted by atomic mass is 16.3. The zero-order valence-corrected chi connectivity index (χ0v) is 25.3. The third kappa shape index (κ3) is 4.93. The lowest BCUT2D eigenvalue weighted by atomic mass is 9.98. The van der Waals surface area contributed by atoms with E-state index in [9.17, 15) is 0 Å². The van der Waals surface area contributed by atoms with Gasteiger partial charge in [-0.2, -0.15) is 0 Å². The smallest absolute Gasteiger partial charge is 0.164 e. The predicted molar refractivity (Wildman–Crippen MR) is 192 cm³/mol. The fourth-order valence-corrected chi connectivity index (χ4v) is 6.37. The molecule has 2 heterocycles. The van der Waals surface area contributed by atoms with Crippen LogP contribution < -0.4 is 0 Å². The summed E-state index contributed by atoms with van der Waals surface area (Å²) in [6.07, 6.45) is 0. The molecule has 0 unspecified atom stereocenters. The van der Waals surface area contributed by atoms with Crippen LogP contribution in [0.1, 0.15) is 0 Å². The Kier molecular flexibility index (Phi) is 6.43. The maximum atomic E-state index is 6.19. The molecule has 0 saturated carbocycles. The van der Waals surface area contributed by atoms with Crippen LogP contribution in [0.25, 0.3) is 89.1 Å². The third-order valence-electron chi connectivity index (χ3n) is 8.73. The number of fused-ring (bicyclic) bond motifs is 4. The molecule has 0 N–H and O–H groups in total. The second-order valence-electron chi connectivity index (χ2n) is 11.7. The van der Waals surface area contributed by atoms with Gasteiger partial charge < -0.3 is 4.42 Å². The van der Waals surface area contributed by atoms with Gasteiger partial charge in [0.1, 0.15) is 11.2 Å². The second-order valence-corrected chi connectivity index (χ2v) is 11.7. The quantitative estimate of drug-likeness (QED) is 0.197. The molecule has 4 nitrogen and oxygen atoms in total. The first-order valence-corrected chi connectivity index (χ1v) is 15.7. The van der Waals surface area contributed by atoms with Gasteiger partial charge in [0, 0.05) is 27.5 Å². The first-order chi connectivity index (χ1) is 23.3. The first-order valence-electron chi connectivity index (χ1n) is 15.7. The molecule has 4 heteroatoms. The summed E-state index contributed by atoms with van der Waals surface area (Å²) in [6, 6.07) is 56.4. The van der Waals surface area contributed by atoms with Gasteiger partial charge >= 0.3 is 0 Å². The van der Waals surface area contributed by atoms with Crippen LogP contribution in [0, 0.1) is 0 Å². The molecular weight excluding hydrogens is 574 g/mol. The normalized spacial score (nSPS) is 11.4. The second kappa shape index (κ2) is 11.2. The van der Waals surface area contributed by atoms with E-state index in [0.29, 0.717) is 17.5 Å². The van der Waals surface area contributed by atoms with Crippen molar-refractivity contribution in [2.75, 3.05) is 0 Å². The van der Waals surface area contributed by atoms with Crippen molar-refractivity contribution in [3.63, 3.8) is 0 Å². The first kappa shape index (κ1) is 27.0. The Morgan fingerprint density at radius 1 is 0.319 bits per heavy atom. The van der Waals surface area contributed by atoms with Gasteiger partial charge in [-0.1, -0.05) is 133 Å². The van der Waals surface area contributed by atoms with Crippen LogP contribution >= 0.6 is 0 Å². The van der Waals surface area contributed by atoms with Crippen molar-refractivity contribution in [2.24, 2.45) is 0 Å². The number of benzene rings is 7. The largest absolute Gasteiger partial charge is 0.456 e. The molecule has 7 aromatic carbocycles. The molecule has 0 bridgehead atoms. The van der Waals surface area contributed by atoms with E-state index in [1.165, 1.54) is 11.1 Å². The van der Waals surface area contributed by atoms with E-state index in [-0.39, 0.29) is 0 Å². The number of nitrogens with zero attached hydrogens (tertiary/aromatic N) is 3. The van der Waals surface area contributed by atoms with Crippen LogP contribution in [0.5, 0.6) is 0 Å². The van der Waals surface area contributed by atoms with E-state index in [2.05, 4.69) is 109 Å². The van der Waals surface area contributed by atoms with Crippen LogP contribution in [0.3, 0.4) is 0 Å². The Hall–Kier alpha value is -6.39. The fourth-order valence-electron chi connectivity index (χ4n) is 6.37. The molecule has 0 spiro atoms. The molecule has 0 aliphatic carbocycles. The minimum Gasteiger partial charge on any atom is -0.456 e. The summed E-state index contributed by atoms with van der Waals surface area (Å²) in [6.45, 7) is 0. The fraction of sp³-hybridized carbons (Fsp3) is 0. The summed E-state index contributed by atoms with van der Waals surface area (Å²) in [5.41, 5.74) is 9.08. The molecule has 9 aromatic rings.